The van der Waals surface area contributed by atoms with Crippen LogP contribution in [0.5, 0.6) is 0 Å². The van der Waals surface area contributed by atoms with Gasteiger partial charge in [0.1, 0.15) is 11.4 Å². The summed E-state index contributed by atoms with van der Waals surface area (Å²) in [6, 6.07) is 2.43. The Kier molecular flexibility index (Phi) is 3.33. The number of halogens is 4. The third-order valence-corrected chi connectivity index (χ3v) is 2.10. The van der Waals surface area contributed by atoms with E-state index in [0.29, 0.717) is 4.47 Å². The van der Waals surface area contributed by atoms with Crippen LogP contribution in [0.15, 0.2) is 16.6 Å². The highest BCUT2D eigenvalue weighted by atomic mass is 79.9. The molecule has 70 valence electrons. The molecule has 1 heterocycles. The van der Waals surface area contributed by atoms with Crippen molar-refractivity contribution in [3.63, 3.8) is 0 Å². The van der Waals surface area contributed by atoms with Crippen molar-refractivity contribution in [1.29, 1.82) is 0 Å². The molecule has 0 unspecified atom stereocenters. The number of hydrogen-bond acceptors (Lipinski definition) is 2. The molecule has 0 aromatic carbocycles. The highest BCUT2D eigenvalue weighted by Crippen LogP contribution is 2.22. The van der Waals surface area contributed by atoms with Gasteiger partial charge in [-0.05, 0) is 39.7 Å². The van der Waals surface area contributed by atoms with Gasteiger partial charge in [0.25, 0.3) is 11.7 Å². The maximum absolute atomic E-state index is 12.1. The number of alkyl halides is 2. The average molecular weight is 270 g/mol. The third kappa shape index (κ3) is 2.45. The van der Waals surface area contributed by atoms with Crippen LogP contribution < -0.4 is 0 Å². The molecule has 0 aliphatic carbocycles. The van der Waals surface area contributed by atoms with Gasteiger partial charge >= 0.3 is 0 Å². The molecular weight excluding hydrogens is 267 g/mol. The first-order chi connectivity index (χ1) is 6.02. The van der Waals surface area contributed by atoms with Crippen LogP contribution in [-0.2, 0) is 0 Å². The van der Waals surface area contributed by atoms with Crippen LogP contribution in [0.2, 0.25) is 0 Å². The van der Waals surface area contributed by atoms with Gasteiger partial charge in [0.15, 0.2) is 0 Å². The lowest BCUT2D eigenvalue weighted by atomic mass is 10.3. The molecule has 0 radical (unpaired) electrons. The second kappa shape index (κ2) is 4.11. The van der Waals surface area contributed by atoms with Crippen LogP contribution >= 0.6 is 27.5 Å². The van der Waals surface area contributed by atoms with Gasteiger partial charge in [0.05, 0.1) is 0 Å². The lowest BCUT2D eigenvalue weighted by Gasteiger charge is -2.01. The molecule has 0 saturated carbocycles. The van der Waals surface area contributed by atoms with Gasteiger partial charge in [-0.3, -0.25) is 4.79 Å². The minimum Gasteiger partial charge on any atom is -0.274 e. The van der Waals surface area contributed by atoms with E-state index in [1.54, 1.807) is 0 Å². The fraction of sp³-hybridized carbons (Fsp3) is 0.143. The minimum absolute atomic E-state index is 0.195. The molecule has 13 heavy (non-hydrogen) atoms. The van der Waals surface area contributed by atoms with Crippen LogP contribution in [0.4, 0.5) is 8.78 Å². The molecule has 0 fully saturated rings. The monoisotopic (exact) mass is 269 g/mol. The summed E-state index contributed by atoms with van der Waals surface area (Å²) < 4.78 is 24.5. The molecule has 0 spiro atoms. The molecule has 1 aromatic heterocycles. The zero-order valence-electron chi connectivity index (χ0n) is 6.10. The molecule has 0 aliphatic heterocycles. The SMILES string of the molecule is O=C(Cl)c1nc(C(F)F)ccc1Br. The Balaban J connectivity index is 3.19. The van der Waals surface area contributed by atoms with Crippen LogP contribution in [-0.4, -0.2) is 10.2 Å². The Morgan fingerprint density at radius 1 is 1.54 bits per heavy atom. The predicted octanol–water partition coefficient (Wildman–Crippen LogP) is 3.16. The second-order valence-corrected chi connectivity index (χ2v) is 3.34. The second-order valence-electron chi connectivity index (χ2n) is 2.14. The Morgan fingerprint density at radius 3 is 2.62 bits per heavy atom. The number of carbonyl (C=O) groups excluding carboxylic acids is 1. The van der Waals surface area contributed by atoms with Crippen LogP contribution in [0.25, 0.3) is 0 Å². The normalized spacial score (nSPS) is 10.5. The lowest BCUT2D eigenvalue weighted by Crippen LogP contribution is -2.00. The highest BCUT2D eigenvalue weighted by Gasteiger charge is 2.14. The van der Waals surface area contributed by atoms with Crippen molar-refractivity contribution >= 4 is 32.8 Å². The Labute approximate surface area is 86.0 Å². The first-order valence-corrected chi connectivity index (χ1v) is 4.34. The topological polar surface area (TPSA) is 30.0 Å². The minimum atomic E-state index is -2.71. The van der Waals surface area contributed by atoms with Crippen LogP contribution in [0.1, 0.15) is 22.6 Å². The number of rotatable bonds is 2. The number of pyridine rings is 1. The third-order valence-electron chi connectivity index (χ3n) is 1.28. The summed E-state index contributed by atoms with van der Waals surface area (Å²) in [5, 5.41) is -0.866. The van der Waals surface area contributed by atoms with Crippen molar-refractivity contribution < 1.29 is 13.6 Å². The van der Waals surface area contributed by atoms with Crippen LogP contribution in [0.3, 0.4) is 0 Å². The van der Waals surface area contributed by atoms with Gasteiger partial charge in [-0.25, -0.2) is 13.8 Å². The van der Waals surface area contributed by atoms with E-state index in [0.717, 1.165) is 6.07 Å². The molecule has 0 saturated heterocycles. The summed E-state index contributed by atoms with van der Waals surface area (Å²) in [7, 11) is 0. The zero-order chi connectivity index (χ0) is 10.0. The van der Waals surface area contributed by atoms with Gasteiger partial charge in [-0.1, -0.05) is 0 Å². The van der Waals surface area contributed by atoms with Gasteiger partial charge < -0.3 is 0 Å². The molecule has 0 N–H and O–H groups in total. The Bertz CT molecular complexity index is 345. The number of aromatic nitrogens is 1. The largest absolute Gasteiger partial charge is 0.280 e. The Morgan fingerprint density at radius 2 is 2.15 bits per heavy atom. The fourth-order valence-corrected chi connectivity index (χ4v) is 1.38. The van der Waals surface area contributed by atoms with Crippen molar-refractivity contribution in [3.05, 3.63) is 28.0 Å². The molecule has 1 aromatic rings. The van der Waals surface area contributed by atoms with Gasteiger partial charge in [-0.2, -0.15) is 0 Å². The van der Waals surface area contributed by atoms with Crippen LogP contribution in [0, 0.1) is 0 Å². The maximum atomic E-state index is 12.1. The summed E-state index contributed by atoms with van der Waals surface area (Å²) in [5.74, 6) is 0. The number of nitrogens with zero attached hydrogens (tertiary/aromatic N) is 1. The van der Waals surface area contributed by atoms with E-state index in [1.807, 2.05) is 0 Å². The fourth-order valence-electron chi connectivity index (χ4n) is 0.717. The van der Waals surface area contributed by atoms with E-state index in [4.69, 9.17) is 11.6 Å². The van der Waals surface area contributed by atoms with E-state index in [1.165, 1.54) is 6.07 Å². The molecule has 1 rings (SSSR count). The molecular formula is C7H3BrClF2NO. The number of hydrogen-bond donors (Lipinski definition) is 0. The van der Waals surface area contributed by atoms with Crippen molar-refractivity contribution in [3.8, 4) is 0 Å². The van der Waals surface area contributed by atoms with Crippen molar-refractivity contribution in [2.24, 2.45) is 0 Å². The van der Waals surface area contributed by atoms with Gasteiger partial charge in [-0.15, -0.1) is 0 Å². The Hall–Kier alpha value is -0.550. The first kappa shape index (κ1) is 10.5. The summed E-state index contributed by atoms with van der Waals surface area (Å²) in [5.41, 5.74) is -0.660. The van der Waals surface area contributed by atoms with E-state index < -0.39 is 17.4 Å². The van der Waals surface area contributed by atoms with E-state index in [-0.39, 0.29) is 5.69 Å². The summed E-state index contributed by atoms with van der Waals surface area (Å²) in [6.45, 7) is 0. The van der Waals surface area contributed by atoms with Crippen molar-refractivity contribution in [2.75, 3.05) is 0 Å². The first-order valence-electron chi connectivity index (χ1n) is 3.17. The van der Waals surface area contributed by atoms with Crippen molar-refractivity contribution in [2.45, 2.75) is 6.43 Å². The molecule has 0 atom stereocenters. The highest BCUT2D eigenvalue weighted by molar-refractivity contribution is 9.10. The average Bonchev–Trinajstić information content (AvgIpc) is 2.04. The smallest absolute Gasteiger partial charge is 0.274 e. The van der Waals surface area contributed by atoms with E-state index >= 15 is 0 Å². The maximum Gasteiger partial charge on any atom is 0.280 e. The molecule has 6 heteroatoms. The molecule has 0 aliphatic rings. The van der Waals surface area contributed by atoms with Gasteiger partial charge in [0, 0.05) is 4.47 Å². The van der Waals surface area contributed by atoms with Crippen molar-refractivity contribution in [1.82, 2.24) is 4.98 Å². The molecule has 2 nitrogen and oxygen atoms in total. The lowest BCUT2D eigenvalue weighted by molar-refractivity contribution is 0.107. The molecule has 0 bridgehead atoms. The summed E-state index contributed by atoms with van der Waals surface area (Å²) in [6.07, 6.45) is -2.71. The number of carbonyl (C=O) groups is 1. The van der Waals surface area contributed by atoms with E-state index in [9.17, 15) is 13.6 Å². The predicted molar refractivity (Wildman–Crippen MR) is 47.1 cm³/mol. The summed E-state index contributed by atoms with van der Waals surface area (Å²) >= 11 is 8.08. The quantitative estimate of drug-likeness (QED) is 0.773. The molecule has 0 amide bonds. The van der Waals surface area contributed by atoms with Gasteiger partial charge in [0.2, 0.25) is 0 Å². The summed E-state index contributed by atoms with van der Waals surface area (Å²) in [4.78, 5) is 14.1. The standard InChI is InChI=1S/C7H3BrClF2NO/c8-3-1-2-4(7(10)11)12-5(3)6(9)13/h1-2,7H. The zero-order valence-corrected chi connectivity index (χ0v) is 8.44. The van der Waals surface area contributed by atoms with E-state index in [2.05, 4.69) is 20.9 Å².